The fraction of sp³-hybridized carbons (Fsp3) is 0.667. The van der Waals surface area contributed by atoms with Gasteiger partial charge in [-0.2, -0.15) is 0 Å². The molecule has 4 heteroatoms. The van der Waals surface area contributed by atoms with Gasteiger partial charge >= 0.3 is 0 Å². The summed E-state index contributed by atoms with van der Waals surface area (Å²) in [5, 5.41) is 1.05. The van der Waals surface area contributed by atoms with Crippen LogP contribution in [0.25, 0.3) is 0 Å². The molecule has 0 radical (unpaired) electrons. The summed E-state index contributed by atoms with van der Waals surface area (Å²) in [6.45, 7) is 8.66. The van der Waals surface area contributed by atoms with Crippen molar-refractivity contribution < 1.29 is 4.79 Å². The average Bonchev–Trinajstić information content (AvgIpc) is 2.62. The molecule has 0 N–H and O–H groups in total. The average molecular weight is 240 g/mol. The number of aryl methyl sites for hydroxylation is 1. The highest BCUT2D eigenvalue weighted by molar-refractivity contribution is 7.11. The van der Waals surface area contributed by atoms with Crippen LogP contribution >= 0.6 is 11.3 Å². The molecular formula is C12H20N2OS. The van der Waals surface area contributed by atoms with Crippen LogP contribution in [-0.2, 0) is 11.3 Å². The molecule has 1 rings (SSSR count). The molecule has 3 nitrogen and oxygen atoms in total. The first kappa shape index (κ1) is 13.2. The van der Waals surface area contributed by atoms with E-state index in [0.717, 1.165) is 16.3 Å². The van der Waals surface area contributed by atoms with Crippen molar-refractivity contribution in [1.82, 2.24) is 9.88 Å². The van der Waals surface area contributed by atoms with E-state index in [1.54, 1.807) is 16.2 Å². The Morgan fingerprint density at radius 2 is 2.19 bits per heavy atom. The van der Waals surface area contributed by atoms with Crippen molar-refractivity contribution in [2.45, 2.75) is 40.7 Å². The van der Waals surface area contributed by atoms with Crippen molar-refractivity contribution in [3.63, 3.8) is 0 Å². The zero-order chi connectivity index (χ0) is 12.3. The number of hydrogen-bond acceptors (Lipinski definition) is 3. The number of carbonyl (C=O) groups excluding carboxylic acids is 1. The van der Waals surface area contributed by atoms with Gasteiger partial charge in [-0.3, -0.25) is 4.79 Å². The summed E-state index contributed by atoms with van der Waals surface area (Å²) in [7, 11) is 1.86. The minimum Gasteiger partial charge on any atom is -0.340 e. The molecule has 0 spiro atoms. The van der Waals surface area contributed by atoms with Gasteiger partial charge in [0.25, 0.3) is 0 Å². The van der Waals surface area contributed by atoms with Crippen molar-refractivity contribution >= 4 is 17.2 Å². The molecule has 0 unspecified atom stereocenters. The van der Waals surface area contributed by atoms with E-state index in [1.807, 2.05) is 40.9 Å². The Bertz CT molecular complexity index is 371. The Morgan fingerprint density at radius 3 is 2.62 bits per heavy atom. The predicted molar refractivity (Wildman–Crippen MR) is 67.4 cm³/mol. The normalized spacial score (nSPS) is 11.6. The molecule has 1 aromatic heterocycles. The number of hydrogen-bond donors (Lipinski definition) is 0. The fourth-order valence-corrected chi connectivity index (χ4v) is 2.30. The van der Waals surface area contributed by atoms with Crippen LogP contribution in [0.1, 0.15) is 37.1 Å². The fourth-order valence-electron chi connectivity index (χ4n) is 1.45. The lowest BCUT2D eigenvalue weighted by atomic mass is 9.89. The Morgan fingerprint density at radius 1 is 1.56 bits per heavy atom. The maximum Gasteiger partial charge on any atom is 0.228 e. The summed E-state index contributed by atoms with van der Waals surface area (Å²) in [5.41, 5.74) is -0.269. The van der Waals surface area contributed by atoms with Crippen LogP contribution in [0.3, 0.4) is 0 Å². The minimum atomic E-state index is -0.269. The van der Waals surface area contributed by atoms with Crippen LogP contribution in [0.4, 0.5) is 0 Å². The maximum atomic E-state index is 12.1. The summed E-state index contributed by atoms with van der Waals surface area (Å²) >= 11 is 1.65. The zero-order valence-corrected chi connectivity index (χ0v) is 11.5. The predicted octanol–water partition coefficient (Wildman–Crippen LogP) is 2.85. The second-order valence-corrected chi connectivity index (χ2v) is 6.06. The molecule has 0 atom stereocenters. The molecular weight excluding hydrogens is 220 g/mol. The van der Waals surface area contributed by atoms with Gasteiger partial charge < -0.3 is 4.90 Å². The summed E-state index contributed by atoms with van der Waals surface area (Å²) in [5.74, 6) is 0.195. The Balaban J connectivity index is 2.65. The molecule has 0 saturated heterocycles. The van der Waals surface area contributed by atoms with E-state index in [-0.39, 0.29) is 11.3 Å². The van der Waals surface area contributed by atoms with Gasteiger partial charge in [-0.05, 0) is 13.3 Å². The molecule has 1 amide bonds. The smallest absolute Gasteiger partial charge is 0.228 e. The van der Waals surface area contributed by atoms with Crippen molar-refractivity contribution in [1.29, 1.82) is 0 Å². The third-order valence-corrected chi connectivity index (χ3v) is 3.77. The SMILES string of the molecule is CCC(C)(C)C(=O)N(C)Cc1cnc(C)s1. The molecule has 0 aliphatic rings. The molecule has 0 saturated carbocycles. The van der Waals surface area contributed by atoms with Crippen LogP contribution in [-0.4, -0.2) is 22.8 Å². The molecule has 1 aromatic rings. The van der Waals surface area contributed by atoms with Gasteiger partial charge in [-0.25, -0.2) is 4.98 Å². The third kappa shape index (κ3) is 3.04. The van der Waals surface area contributed by atoms with Crippen molar-refractivity contribution in [2.24, 2.45) is 5.41 Å². The number of nitrogens with zero attached hydrogens (tertiary/aromatic N) is 2. The van der Waals surface area contributed by atoms with Gasteiger partial charge in [0.15, 0.2) is 0 Å². The minimum absolute atomic E-state index is 0.195. The molecule has 0 bridgehead atoms. The monoisotopic (exact) mass is 240 g/mol. The quantitative estimate of drug-likeness (QED) is 0.811. The van der Waals surface area contributed by atoms with Crippen LogP contribution in [0.5, 0.6) is 0 Å². The van der Waals surface area contributed by atoms with Crippen molar-refractivity contribution in [2.75, 3.05) is 7.05 Å². The van der Waals surface area contributed by atoms with Crippen LogP contribution in [0, 0.1) is 12.3 Å². The number of thiazole rings is 1. The maximum absolute atomic E-state index is 12.1. The van der Waals surface area contributed by atoms with E-state index >= 15 is 0 Å². The van der Waals surface area contributed by atoms with Crippen LogP contribution in [0.15, 0.2) is 6.20 Å². The van der Waals surface area contributed by atoms with Crippen LogP contribution < -0.4 is 0 Å². The molecule has 90 valence electrons. The van der Waals surface area contributed by atoms with Crippen molar-refractivity contribution in [3.05, 3.63) is 16.1 Å². The lowest BCUT2D eigenvalue weighted by molar-refractivity contribution is -0.139. The Hall–Kier alpha value is -0.900. The lowest BCUT2D eigenvalue weighted by Gasteiger charge is -2.27. The second-order valence-electron chi connectivity index (χ2n) is 4.74. The highest BCUT2D eigenvalue weighted by atomic mass is 32.1. The first-order valence-corrected chi connectivity index (χ1v) is 6.35. The molecule has 16 heavy (non-hydrogen) atoms. The summed E-state index contributed by atoms with van der Waals surface area (Å²) < 4.78 is 0. The number of carbonyl (C=O) groups is 1. The van der Waals surface area contributed by atoms with Crippen molar-refractivity contribution in [3.8, 4) is 0 Å². The Kier molecular flexibility index (Phi) is 4.08. The van der Waals surface area contributed by atoms with Gasteiger partial charge in [-0.1, -0.05) is 20.8 Å². The highest BCUT2D eigenvalue weighted by Crippen LogP contribution is 2.24. The van der Waals surface area contributed by atoms with Gasteiger partial charge in [0.2, 0.25) is 5.91 Å². The largest absolute Gasteiger partial charge is 0.340 e. The van der Waals surface area contributed by atoms with E-state index in [0.29, 0.717) is 6.54 Å². The molecule has 0 fully saturated rings. The summed E-state index contributed by atoms with van der Waals surface area (Å²) in [6, 6.07) is 0. The molecule has 0 aliphatic carbocycles. The van der Waals surface area contributed by atoms with E-state index in [4.69, 9.17) is 0 Å². The molecule has 0 aromatic carbocycles. The number of rotatable bonds is 4. The van der Waals surface area contributed by atoms with E-state index < -0.39 is 0 Å². The topological polar surface area (TPSA) is 33.2 Å². The first-order valence-electron chi connectivity index (χ1n) is 5.53. The zero-order valence-electron chi connectivity index (χ0n) is 10.7. The Labute approximate surface area is 101 Å². The van der Waals surface area contributed by atoms with E-state index in [2.05, 4.69) is 4.98 Å². The molecule has 1 heterocycles. The molecule has 0 aliphatic heterocycles. The van der Waals surface area contributed by atoms with Gasteiger partial charge in [-0.15, -0.1) is 11.3 Å². The summed E-state index contributed by atoms with van der Waals surface area (Å²) in [6.07, 6.45) is 2.71. The first-order chi connectivity index (χ1) is 7.36. The van der Waals surface area contributed by atoms with Gasteiger partial charge in [0.05, 0.1) is 11.6 Å². The van der Waals surface area contributed by atoms with Gasteiger partial charge in [0, 0.05) is 23.5 Å². The van der Waals surface area contributed by atoms with Gasteiger partial charge in [0.1, 0.15) is 0 Å². The van der Waals surface area contributed by atoms with E-state index in [9.17, 15) is 4.79 Å². The van der Waals surface area contributed by atoms with E-state index in [1.165, 1.54) is 0 Å². The second kappa shape index (κ2) is 4.95. The third-order valence-electron chi connectivity index (χ3n) is 2.87. The number of aromatic nitrogens is 1. The van der Waals surface area contributed by atoms with Crippen LogP contribution in [0.2, 0.25) is 0 Å². The highest BCUT2D eigenvalue weighted by Gasteiger charge is 2.28. The number of amides is 1. The lowest BCUT2D eigenvalue weighted by Crippen LogP contribution is -2.37. The summed E-state index contributed by atoms with van der Waals surface area (Å²) in [4.78, 5) is 19.2. The standard InChI is InChI=1S/C12H20N2OS/c1-6-12(3,4)11(15)14(5)8-10-7-13-9(2)16-10/h7H,6,8H2,1-5H3.